The van der Waals surface area contributed by atoms with Crippen molar-refractivity contribution in [2.75, 3.05) is 4.23 Å². The standard InChI is InChI=1S/C12H22NSi2/c1-14(2,3)13(15(4,5)6)12-10-8-7-9-11-12/h7-10H,1-6H3. The molecule has 1 aromatic rings. The lowest BCUT2D eigenvalue weighted by molar-refractivity contribution is 1.35. The highest BCUT2D eigenvalue weighted by molar-refractivity contribution is 6.99. The third kappa shape index (κ3) is 3.21. The van der Waals surface area contributed by atoms with Gasteiger partial charge in [-0.15, -0.1) is 0 Å². The fourth-order valence-electron chi connectivity index (χ4n) is 2.25. The second-order valence-electron chi connectivity index (χ2n) is 5.92. The second-order valence-corrected chi connectivity index (χ2v) is 15.9. The molecule has 0 unspecified atom stereocenters. The van der Waals surface area contributed by atoms with Crippen molar-refractivity contribution >= 4 is 22.2 Å². The Kier molecular flexibility index (Phi) is 3.46. The Morgan fingerprint density at radius 3 is 1.80 bits per heavy atom. The lowest BCUT2D eigenvalue weighted by Crippen LogP contribution is -2.59. The van der Waals surface area contributed by atoms with Crippen molar-refractivity contribution in [3.05, 3.63) is 30.3 Å². The van der Waals surface area contributed by atoms with Crippen LogP contribution in [0.15, 0.2) is 24.3 Å². The summed E-state index contributed by atoms with van der Waals surface area (Å²) in [5, 5.41) is 0. The maximum Gasteiger partial charge on any atom is 0.138 e. The maximum atomic E-state index is 3.38. The zero-order chi connectivity index (χ0) is 11.7. The molecule has 0 heterocycles. The summed E-state index contributed by atoms with van der Waals surface area (Å²) in [6, 6.07) is 11.7. The molecule has 0 aliphatic heterocycles. The molecule has 0 saturated carbocycles. The van der Waals surface area contributed by atoms with Crippen molar-refractivity contribution in [1.82, 2.24) is 0 Å². The fourth-order valence-corrected chi connectivity index (χ4v) is 12.0. The minimum Gasteiger partial charge on any atom is -0.424 e. The molecule has 1 aromatic carbocycles. The van der Waals surface area contributed by atoms with Crippen LogP contribution >= 0.6 is 0 Å². The minimum atomic E-state index is -1.30. The highest BCUT2D eigenvalue weighted by atomic mass is 28.4. The summed E-state index contributed by atoms with van der Waals surface area (Å²) in [7, 11) is -2.60. The second kappa shape index (κ2) is 4.14. The van der Waals surface area contributed by atoms with Gasteiger partial charge in [-0.25, -0.2) is 0 Å². The summed E-state index contributed by atoms with van der Waals surface area (Å²) >= 11 is 0. The van der Waals surface area contributed by atoms with Crippen LogP contribution in [0.2, 0.25) is 39.3 Å². The van der Waals surface area contributed by atoms with Gasteiger partial charge in [0.15, 0.2) is 0 Å². The maximum absolute atomic E-state index is 3.38. The van der Waals surface area contributed by atoms with Crippen molar-refractivity contribution in [3.8, 4) is 0 Å². The molecule has 0 saturated heterocycles. The van der Waals surface area contributed by atoms with Crippen LogP contribution in [0.4, 0.5) is 5.69 Å². The van der Waals surface area contributed by atoms with Crippen molar-refractivity contribution in [3.63, 3.8) is 0 Å². The molecule has 0 aliphatic rings. The molecule has 1 nitrogen and oxygen atoms in total. The first-order valence-corrected chi connectivity index (χ1v) is 12.4. The van der Waals surface area contributed by atoms with Crippen LogP contribution in [0.3, 0.4) is 0 Å². The first kappa shape index (κ1) is 12.5. The van der Waals surface area contributed by atoms with Gasteiger partial charge in [0, 0.05) is 11.8 Å². The summed E-state index contributed by atoms with van der Waals surface area (Å²) in [6.45, 7) is 14.5. The molecule has 0 spiro atoms. The molecule has 0 bridgehead atoms. The average molecular weight is 236 g/mol. The highest BCUT2D eigenvalue weighted by Crippen LogP contribution is 2.27. The van der Waals surface area contributed by atoms with Crippen LogP contribution in [-0.2, 0) is 0 Å². The van der Waals surface area contributed by atoms with E-state index in [1.54, 1.807) is 0 Å². The van der Waals surface area contributed by atoms with Gasteiger partial charge in [-0.1, -0.05) is 57.5 Å². The van der Waals surface area contributed by atoms with Gasteiger partial charge in [-0.3, -0.25) is 0 Å². The number of nitrogens with zero attached hydrogens (tertiary/aromatic N) is 1. The van der Waals surface area contributed by atoms with E-state index in [0.29, 0.717) is 0 Å². The van der Waals surface area contributed by atoms with Crippen molar-refractivity contribution in [1.29, 1.82) is 0 Å². The predicted octanol–water partition coefficient (Wildman–Crippen LogP) is 3.96. The summed E-state index contributed by atoms with van der Waals surface area (Å²) in [6.07, 6.45) is 0. The molecular formula is C12H22NSi2. The molecule has 0 atom stereocenters. The Balaban J connectivity index is 3.15. The monoisotopic (exact) mass is 236 g/mol. The quantitative estimate of drug-likeness (QED) is 0.718. The Hall–Kier alpha value is -0.546. The zero-order valence-corrected chi connectivity index (χ0v) is 12.8. The Morgan fingerprint density at radius 2 is 1.47 bits per heavy atom. The molecule has 15 heavy (non-hydrogen) atoms. The number of benzene rings is 1. The van der Waals surface area contributed by atoms with Gasteiger partial charge >= 0.3 is 0 Å². The normalized spacial score (nSPS) is 12.7. The smallest absolute Gasteiger partial charge is 0.138 e. The van der Waals surface area contributed by atoms with Crippen LogP contribution < -0.4 is 4.23 Å². The predicted molar refractivity (Wildman–Crippen MR) is 74.4 cm³/mol. The van der Waals surface area contributed by atoms with Crippen LogP contribution in [0.5, 0.6) is 0 Å². The molecule has 0 fully saturated rings. The summed E-state index contributed by atoms with van der Waals surface area (Å²) in [5.41, 5.74) is 1.29. The van der Waals surface area contributed by atoms with Gasteiger partial charge in [0.1, 0.15) is 16.5 Å². The summed E-state index contributed by atoms with van der Waals surface area (Å²) < 4.78 is 2.68. The van der Waals surface area contributed by atoms with Gasteiger partial charge < -0.3 is 4.23 Å². The van der Waals surface area contributed by atoms with Crippen LogP contribution in [0.1, 0.15) is 0 Å². The van der Waals surface area contributed by atoms with E-state index in [1.165, 1.54) is 5.69 Å². The van der Waals surface area contributed by atoms with Gasteiger partial charge in [0.05, 0.1) is 0 Å². The van der Waals surface area contributed by atoms with Gasteiger partial charge in [-0.2, -0.15) is 0 Å². The van der Waals surface area contributed by atoms with Crippen molar-refractivity contribution < 1.29 is 0 Å². The molecule has 0 N–H and O–H groups in total. The van der Waals surface area contributed by atoms with Crippen LogP contribution in [-0.4, -0.2) is 16.5 Å². The first-order valence-electron chi connectivity index (χ1n) is 5.50. The number of para-hydroxylation sites is 1. The summed E-state index contributed by atoms with van der Waals surface area (Å²) in [5.74, 6) is 0. The zero-order valence-electron chi connectivity index (χ0n) is 10.8. The van der Waals surface area contributed by atoms with Crippen LogP contribution in [0.25, 0.3) is 0 Å². The Labute approximate surface area is 96.3 Å². The van der Waals surface area contributed by atoms with E-state index in [-0.39, 0.29) is 0 Å². The van der Waals surface area contributed by atoms with Crippen molar-refractivity contribution in [2.24, 2.45) is 0 Å². The van der Waals surface area contributed by atoms with E-state index in [0.717, 1.165) is 0 Å². The minimum absolute atomic E-state index is 1.29. The Morgan fingerprint density at radius 1 is 0.933 bits per heavy atom. The molecule has 83 valence electrons. The molecular weight excluding hydrogens is 214 g/mol. The lowest BCUT2D eigenvalue weighted by atomic mass is 10.3. The van der Waals surface area contributed by atoms with E-state index in [2.05, 4.69) is 61.7 Å². The third-order valence-electron chi connectivity index (χ3n) is 2.28. The van der Waals surface area contributed by atoms with E-state index >= 15 is 0 Å². The lowest BCUT2D eigenvalue weighted by Gasteiger charge is -2.45. The largest absolute Gasteiger partial charge is 0.424 e. The van der Waals surface area contributed by atoms with E-state index in [1.807, 2.05) is 12.1 Å². The highest BCUT2D eigenvalue weighted by Gasteiger charge is 2.34. The van der Waals surface area contributed by atoms with Gasteiger partial charge in [0.25, 0.3) is 0 Å². The molecule has 0 amide bonds. The number of anilines is 1. The van der Waals surface area contributed by atoms with E-state index in [4.69, 9.17) is 0 Å². The van der Waals surface area contributed by atoms with Gasteiger partial charge in [-0.05, 0) is 6.07 Å². The van der Waals surface area contributed by atoms with E-state index < -0.39 is 16.5 Å². The number of hydrogen-bond acceptors (Lipinski definition) is 1. The third-order valence-corrected chi connectivity index (χ3v) is 9.47. The topological polar surface area (TPSA) is 3.24 Å². The van der Waals surface area contributed by atoms with Crippen LogP contribution in [0, 0.1) is 6.07 Å². The molecule has 1 rings (SSSR count). The fraction of sp³-hybridized carbons (Fsp3) is 0.500. The number of hydrogen-bond donors (Lipinski definition) is 0. The Bertz CT molecular complexity index is 295. The number of rotatable bonds is 3. The summed E-state index contributed by atoms with van der Waals surface area (Å²) in [4.78, 5) is 0. The molecule has 0 aliphatic carbocycles. The molecule has 3 heteroatoms. The molecule has 1 radical (unpaired) electrons. The SMILES string of the molecule is C[Si](C)(C)N(c1[c]cccc1)[Si](C)(C)C. The average Bonchev–Trinajstić information content (AvgIpc) is 2.00. The van der Waals surface area contributed by atoms with Crippen molar-refractivity contribution in [2.45, 2.75) is 39.3 Å². The molecule has 0 aromatic heterocycles. The van der Waals surface area contributed by atoms with E-state index in [9.17, 15) is 0 Å². The first-order chi connectivity index (χ1) is 6.73. The van der Waals surface area contributed by atoms with Gasteiger partial charge in [0.2, 0.25) is 0 Å².